The highest BCUT2D eigenvalue weighted by molar-refractivity contribution is 5.32. The van der Waals surface area contributed by atoms with E-state index in [0.29, 0.717) is 5.56 Å². The average molecular weight is 241 g/mol. The molecule has 2 rings (SSSR count). The van der Waals surface area contributed by atoms with Crippen LogP contribution >= 0.6 is 0 Å². The molecule has 0 bridgehead atoms. The molecule has 0 amide bonds. The third kappa shape index (κ3) is 3.40. The Morgan fingerprint density at radius 3 is 3.06 bits per heavy atom. The van der Waals surface area contributed by atoms with Crippen LogP contribution in [0.3, 0.4) is 0 Å². The van der Waals surface area contributed by atoms with E-state index in [1.165, 1.54) is 0 Å². The van der Waals surface area contributed by atoms with Gasteiger partial charge in [0.25, 0.3) is 0 Å². The van der Waals surface area contributed by atoms with E-state index in [0.717, 1.165) is 30.9 Å². The van der Waals surface area contributed by atoms with Crippen molar-refractivity contribution in [3.05, 3.63) is 47.5 Å². The van der Waals surface area contributed by atoms with Gasteiger partial charge >= 0.3 is 0 Å². The van der Waals surface area contributed by atoms with Crippen LogP contribution in [-0.4, -0.2) is 21.3 Å². The van der Waals surface area contributed by atoms with Crippen molar-refractivity contribution >= 4 is 0 Å². The number of benzene rings is 1. The predicted octanol–water partition coefficient (Wildman–Crippen LogP) is 1.02. The maximum absolute atomic E-state index is 8.80. The van der Waals surface area contributed by atoms with E-state index in [4.69, 9.17) is 5.26 Å². The molecule has 1 N–H and O–H groups in total. The molecule has 0 aliphatic carbocycles. The van der Waals surface area contributed by atoms with Crippen LogP contribution in [0.4, 0.5) is 0 Å². The van der Waals surface area contributed by atoms with E-state index in [1.807, 2.05) is 25.2 Å². The molecular weight excluding hydrogens is 226 g/mol. The first kappa shape index (κ1) is 12.3. The van der Waals surface area contributed by atoms with Crippen molar-refractivity contribution in [1.29, 1.82) is 5.26 Å². The summed E-state index contributed by atoms with van der Waals surface area (Å²) in [5.74, 6) is 0.843. The first-order valence-corrected chi connectivity index (χ1v) is 5.82. The summed E-state index contributed by atoms with van der Waals surface area (Å²) in [7, 11) is 1.86. The minimum atomic E-state index is 0.695. The minimum Gasteiger partial charge on any atom is -0.312 e. The van der Waals surface area contributed by atoms with Crippen molar-refractivity contribution < 1.29 is 0 Å². The molecule has 0 aliphatic rings. The maximum atomic E-state index is 8.80. The molecule has 5 nitrogen and oxygen atoms in total. The Balaban J connectivity index is 1.77. The van der Waals surface area contributed by atoms with Crippen LogP contribution in [0.25, 0.3) is 0 Å². The van der Waals surface area contributed by atoms with Crippen molar-refractivity contribution in [3.8, 4) is 6.07 Å². The Bertz CT molecular complexity index is 553. The van der Waals surface area contributed by atoms with Gasteiger partial charge in [-0.15, -0.1) is 0 Å². The smallest absolute Gasteiger partial charge is 0.151 e. The fourth-order valence-corrected chi connectivity index (χ4v) is 1.68. The molecule has 5 heteroatoms. The van der Waals surface area contributed by atoms with Gasteiger partial charge in [-0.05, 0) is 17.7 Å². The number of hydrogen-bond donors (Lipinski definition) is 1. The normalized spacial score (nSPS) is 10.2. The van der Waals surface area contributed by atoms with Gasteiger partial charge < -0.3 is 5.32 Å². The summed E-state index contributed by atoms with van der Waals surface area (Å²) < 4.78 is 1.70. The zero-order valence-corrected chi connectivity index (χ0v) is 10.3. The Kier molecular flexibility index (Phi) is 4.05. The summed E-state index contributed by atoms with van der Waals surface area (Å²) in [6, 6.07) is 9.74. The molecule has 1 aromatic heterocycles. The van der Waals surface area contributed by atoms with E-state index in [-0.39, 0.29) is 0 Å². The molecule has 1 aromatic carbocycles. The van der Waals surface area contributed by atoms with Gasteiger partial charge in [-0.3, -0.25) is 4.68 Å². The molecule has 18 heavy (non-hydrogen) atoms. The number of aryl methyl sites for hydroxylation is 1. The largest absolute Gasteiger partial charge is 0.312 e. The van der Waals surface area contributed by atoms with E-state index >= 15 is 0 Å². The molecule has 0 spiro atoms. The molecule has 92 valence electrons. The second-order valence-corrected chi connectivity index (χ2v) is 4.07. The maximum Gasteiger partial charge on any atom is 0.151 e. The lowest BCUT2D eigenvalue weighted by Gasteiger charge is -2.03. The summed E-state index contributed by atoms with van der Waals surface area (Å²) in [6.07, 6.45) is 2.50. The van der Waals surface area contributed by atoms with E-state index in [9.17, 15) is 0 Å². The van der Waals surface area contributed by atoms with Crippen molar-refractivity contribution in [2.45, 2.75) is 13.0 Å². The first-order chi connectivity index (χ1) is 8.78. The van der Waals surface area contributed by atoms with Gasteiger partial charge in [0.05, 0.1) is 11.6 Å². The lowest BCUT2D eigenvalue weighted by atomic mass is 10.1. The molecule has 0 saturated carbocycles. The second-order valence-electron chi connectivity index (χ2n) is 4.07. The molecular formula is C13H15N5. The summed E-state index contributed by atoms with van der Waals surface area (Å²) in [5, 5.41) is 16.3. The SMILES string of the molecule is Cn1cnc(CCNCc2cccc(C#N)c2)n1. The number of rotatable bonds is 5. The number of hydrogen-bond acceptors (Lipinski definition) is 4. The monoisotopic (exact) mass is 241 g/mol. The zero-order chi connectivity index (χ0) is 12.8. The van der Waals surface area contributed by atoms with Crippen molar-refractivity contribution in [2.24, 2.45) is 7.05 Å². The molecule has 0 atom stereocenters. The number of nitrogens with one attached hydrogen (secondary N) is 1. The average Bonchev–Trinajstić information content (AvgIpc) is 2.81. The van der Waals surface area contributed by atoms with Crippen molar-refractivity contribution in [1.82, 2.24) is 20.1 Å². The number of nitriles is 1. The van der Waals surface area contributed by atoms with Crippen LogP contribution in [0.5, 0.6) is 0 Å². The van der Waals surface area contributed by atoms with Crippen LogP contribution in [0.2, 0.25) is 0 Å². The molecule has 2 aromatic rings. The van der Waals surface area contributed by atoms with E-state index in [1.54, 1.807) is 17.1 Å². The lowest BCUT2D eigenvalue weighted by Crippen LogP contribution is -2.17. The molecule has 0 saturated heterocycles. The van der Waals surface area contributed by atoms with Crippen LogP contribution in [0.1, 0.15) is 17.0 Å². The van der Waals surface area contributed by atoms with Crippen LogP contribution in [0.15, 0.2) is 30.6 Å². The van der Waals surface area contributed by atoms with E-state index in [2.05, 4.69) is 21.5 Å². The summed E-state index contributed by atoms with van der Waals surface area (Å²) in [6.45, 7) is 1.57. The minimum absolute atomic E-state index is 0.695. The molecule has 1 heterocycles. The third-order valence-electron chi connectivity index (χ3n) is 2.56. The third-order valence-corrected chi connectivity index (χ3v) is 2.56. The zero-order valence-electron chi connectivity index (χ0n) is 10.3. The number of aromatic nitrogens is 3. The molecule has 0 unspecified atom stereocenters. The lowest BCUT2D eigenvalue weighted by molar-refractivity contribution is 0.661. The topological polar surface area (TPSA) is 66.5 Å². The Hall–Kier alpha value is -2.19. The number of nitrogens with zero attached hydrogens (tertiary/aromatic N) is 4. The second kappa shape index (κ2) is 5.94. The first-order valence-electron chi connectivity index (χ1n) is 5.82. The van der Waals surface area contributed by atoms with Gasteiger partial charge in [0.2, 0.25) is 0 Å². The Labute approximate surface area is 106 Å². The van der Waals surface area contributed by atoms with Crippen LogP contribution < -0.4 is 5.32 Å². The summed E-state index contributed by atoms with van der Waals surface area (Å²) >= 11 is 0. The standard InChI is InChI=1S/C13H15N5/c1-18-10-16-13(17-18)5-6-15-9-12-4-2-3-11(7-12)8-14/h2-4,7,10,15H,5-6,9H2,1H3. The van der Waals surface area contributed by atoms with Gasteiger partial charge in [-0.1, -0.05) is 12.1 Å². The molecule has 0 aliphatic heterocycles. The van der Waals surface area contributed by atoms with Gasteiger partial charge in [-0.25, -0.2) is 4.98 Å². The van der Waals surface area contributed by atoms with Gasteiger partial charge in [0.15, 0.2) is 5.82 Å². The van der Waals surface area contributed by atoms with E-state index < -0.39 is 0 Å². The summed E-state index contributed by atoms with van der Waals surface area (Å²) in [5.41, 5.74) is 1.81. The van der Waals surface area contributed by atoms with Gasteiger partial charge in [0, 0.05) is 26.6 Å². The molecule has 0 fully saturated rings. The Morgan fingerprint density at radius 2 is 2.33 bits per heavy atom. The van der Waals surface area contributed by atoms with Crippen molar-refractivity contribution in [2.75, 3.05) is 6.54 Å². The van der Waals surface area contributed by atoms with Crippen LogP contribution in [-0.2, 0) is 20.0 Å². The highest BCUT2D eigenvalue weighted by Crippen LogP contribution is 2.03. The van der Waals surface area contributed by atoms with Gasteiger partial charge in [0.1, 0.15) is 6.33 Å². The fourth-order valence-electron chi connectivity index (χ4n) is 1.68. The Morgan fingerprint density at radius 1 is 1.44 bits per heavy atom. The quantitative estimate of drug-likeness (QED) is 0.794. The predicted molar refractivity (Wildman–Crippen MR) is 67.6 cm³/mol. The van der Waals surface area contributed by atoms with Crippen molar-refractivity contribution in [3.63, 3.8) is 0 Å². The highest BCUT2D eigenvalue weighted by Gasteiger charge is 1.99. The highest BCUT2D eigenvalue weighted by atomic mass is 15.3. The van der Waals surface area contributed by atoms with Crippen LogP contribution in [0, 0.1) is 11.3 Å². The van der Waals surface area contributed by atoms with Gasteiger partial charge in [-0.2, -0.15) is 10.4 Å². The fraction of sp³-hybridized carbons (Fsp3) is 0.308. The summed E-state index contributed by atoms with van der Waals surface area (Å²) in [4.78, 5) is 4.16. The molecule has 0 radical (unpaired) electrons.